The highest BCUT2D eigenvalue weighted by Crippen LogP contribution is 2.35. The molecule has 206 valence electrons. The first-order chi connectivity index (χ1) is 19.1. The van der Waals surface area contributed by atoms with Gasteiger partial charge in [-0.2, -0.15) is 18.3 Å². The Bertz CT molecular complexity index is 1780. The lowest BCUT2D eigenvalue weighted by Gasteiger charge is -2.18. The van der Waals surface area contributed by atoms with Gasteiger partial charge < -0.3 is 14.0 Å². The van der Waals surface area contributed by atoms with Gasteiger partial charge in [-0.15, -0.1) is 0 Å². The molecule has 40 heavy (non-hydrogen) atoms. The number of rotatable bonds is 7. The highest BCUT2D eigenvalue weighted by molar-refractivity contribution is 6.31. The monoisotopic (exact) mass is 569 g/mol. The summed E-state index contributed by atoms with van der Waals surface area (Å²) in [5, 5.41) is 5.32. The Balaban J connectivity index is 1.55. The molecule has 0 N–H and O–H groups in total. The molecule has 0 spiro atoms. The van der Waals surface area contributed by atoms with Crippen LogP contribution in [0.3, 0.4) is 0 Å². The van der Waals surface area contributed by atoms with Crippen LogP contribution in [0, 0.1) is 6.92 Å². The van der Waals surface area contributed by atoms with Gasteiger partial charge in [-0.25, -0.2) is 9.97 Å². The zero-order chi connectivity index (χ0) is 28.6. The van der Waals surface area contributed by atoms with E-state index in [-0.39, 0.29) is 24.1 Å². The zero-order valence-electron chi connectivity index (χ0n) is 21.7. The van der Waals surface area contributed by atoms with Crippen molar-refractivity contribution in [2.45, 2.75) is 26.3 Å². The van der Waals surface area contributed by atoms with Gasteiger partial charge in [0.15, 0.2) is 0 Å². The van der Waals surface area contributed by atoms with Gasteiger partial charge in [0, 0.05) is 53.4 Å². The average Bonchev–Trinajstić information content (AvgIpc) is 3.34. The minimum Gasteiger partial charge on any atom is -0.487 e. The summed E-state index contributed by atoms with van der Waals surface area (Å²) >= 11 is 6.50. The van der Waals surface area contributed by atoms with Crippen LogP contribution in [-0.4, -0.2) is 31.4 Å². The molecule has 4 heterocycles. The van der Waals surface area contributed by atoms with Crippen molar-refractivity contribution < 1.29 is 22.6 Å². The van der Waals surface area contributed by atoms with E-state index >= 15 is 0 Å². The minimum absolute atomic E-state index is 0.0868. The fourth-order valence-electron chi connectivity index (χ4n) is 4.55. The number of aryl methyl sites for hydroxylation is 2. The summed E-state index contributed by atoms with van der Waals surface area (Å²) in [5.74, 6) is 0.580. The Morgan fingerprint density at radius 3 is 2.60 bits per heavy atom. The number of para-hydroxylation sites is 1. The van der Waals surface area contributed by atoms with Crippen molar-refractivity contribution in [2.75, 3.05) is 7.11 Å². The molecular weight excluding hydrogens is 547 g/mol. The van der Waals surface area contributed by atoms with Gasteiger partial charge >= 0.3 is 6.18 Å². The molecule has 0 bridgehead atoms. The van der Waals surface area contributed by atoms with Crippen molar-refractivity contribution in [1.29, 1.82) is 0 Å². The predicted octanol–water partition coefficient (Wildman–Crippen LogP) is 5.81. The van der Waals surface area contributed by atoms with Crippen molar-refractivity contribution >= 4 is 22.5 Å². The highest BCUT2D eigenvalue weighted by Gasteiger charge is 2.34. The SMILES string of the molecule is COc1ncc(Cl)c(COc2cccc3c(-c4ccnn4C)cc(C)nc23)c1Cn1cccc(C(F)(F)F)c1=O. The van der Waals surface area contributed by atoms with E-state index < -0.39 is 17.3 Å². The van der Waals surface area contributed by atoms with Crippen LogP contribution < -0.4 is 15.0 Å². The van der Waals surface area contributed by atoms with Gasteiger partial charge in [0.2, 0.25) is 5.88 Å². The first kappa shape index (κ1) is 27.2. The average molecular weight is 570 g/mol. The number of hydrogen-bond donors (Lipinski definition) is 0. The van der Waals surface area contributed by atoms with Gasteiger partial charge in [-0.05, 0) is 37.3 Å². The van der Waals surface area contributed by atoms with E-state index in [1.54, 1.807) is 16.9 Å². The second kappa shape index (κ2) is 10.6. The Kier molecular flexibility index (Phi) is 7.24. The number of aromatic nitrogens is 5. The van der Waals surface area contributed by atoms with Crippen molar-refractivity contribution in [2.24, 2.45) is 7.05 Å². The van der Waals surface area contributed by atoms with Crippen LogP contribution in [0.1, 0.15) is 22.4 Å². The Morgan fingerprint density at radius 2 is 1.90 bits per heavy atom. The maximum absolute atomic E-state index is 13.4. The summed E-state index contributed by atoms with van der Waals surface area (Å²) in [5.41, 5.74) is 1.48. The first-order valence-electron chi connectivity index (χ1n) is 12.1. The number of halogens is 4. The third kappa shape index (κ3) is 5.12. The maximum Gasteiger partial charge on any atom is 0.421 e. The van der Waals surface area contributed by atoms with Crippen LogP contribution >= 0.6 is 11.6 Å². The number of benzene rings is 1. The number of alkyl halides is 3. The normalized spacial score (nSPS) is 11.7. The number of pyridine rings is 3. The van der Waals surface area contributed by atoms with Gasteiger partial charge in [-0.1, -0.05) is 23.7 Å². The predicted molar refractivity (Wildman–Crippen MR) is 144 cm³/mol. The van der Waals surface area contributed by atoms with Gasteiger partial charge in [0.1, 0.15) is 23.4 Å². The molecule has 0 unspecified atom stereocenters. The van der Waals surface area contributed by atoms with E-state index in [4.69, 9.17) is 26.1 Å². The summed E-state index contributed by atoms with van der Waals surface area (Å²) in [6.45, 7) is 1.53. The van der Waals surface area contributed by atoms with Crippen LogP contribution in [0.25, 0.3) is 22.2 Å². The molecule has 0 saturated carbocycles. The molecule has 12 heteroatoms. The summed E-state index contributed by atoms with van der Waals surface area (Å²) in [6, 6.07) is 11.3. The van der Waals surface area contributed by atoms with E-state index in [9.17, 15) is 18.0 Å². The molecule has 8 nitrogen and oxygen atoms in total. The largest absolute Gasteiger partial charge is 0.487 e. The van der Waals surface area contributed by atoms with Gasteiger partial charge in [0.05, 0.1) is 24.4 Å². The van der Waals surface area contributed by atoms with Crippen LogP contribution in [-0.2, 0) is 26.4 Å². The zero-order valence-corrected chi connectivity index (χ0v) is 22.4. The molecule has 0 amide bonds. The van der Waals surface area contributed by atoms with Crippen molar-refractivity contribution in [3.8, 4) is 22.9 Å². The third-order valence-electron chi connectivity index (χ3n) is 6.45. The summed E-state index contributed by atoms with van der Waals surface area (Å²) in [7, 11) is 3.23. The molecule has 0 aliphatic heterocycles. The molecule has 1 aromatic carbocycles. The molecule has 4 aromatic heterocycles. The van der Waals surface area contributed by atoms with E-state index in [2.05, 4.69) is 10.1 Å². The summed E-state index contributed by atoms with van der Waals surface area (Å²) < 4.78 is 54.4. The Labute approximate surface area is 231 Å². The molecule has 5 rings (SSSR count). The van der Waals surface area contributed by atoms with Crippen LogP contribution in [0.5, 0.6) is 11.6 Å². The smallest absolute Gasteiger partial charge is 0.421 e. The standard InChI is InChI=1S/C28H23ClF3N5O3/c1-16-12-18(23-9-10-34-36(23)2)17-6-4-8-24(25(17)35-16)40-15-20-19(26(39-3)33-13-22(20)29)14-37-11-5-7-21(27(37)38)28(30,31)32/h4-13H,14-15H2,1-3H3. The number of hydrogen-bond acceptors (Lipinski definition) is 6. The van der Waals surface area contributed by atoms with E-state index in [0.29, 0.717) is 22.4 Å². The second-order valence-corrected chi connectivity index (χ2v) is 9.42. The summed E-state index contributed by atoms with van der Waals surface area (Å²) in [4.78, 5) is 21.5. The lowest BCUT2D eigenvalue weighted by atomic mass is 10.0. The number of methoxy groups -OCH3 is 1. The number of nitrogens with zero attached hydrogens (tertiary/aromatic N) is 5. The van der Waals surface area contributed by atoms with Crippen LogP contribution in [0.15, 0.2) is 65.8 Å². The minimum atomic E-state index is -4.80. The van der Waals surface area contributed by atoms with E-state index in [1.165, 1.54) is 19.5 Å². The lowest BCUT2D eigenvalue weighted by Crippen LogP contribution is -2.28. The highest BCUT2D eigenvalue weighted by atomic mass is 35.5. The molecule has 0 radical (unpaired) electrons. The number of fused-ring (bicyclic) bond motifs is 1. The topological polar surface area (TPSA) is 84.1 Å². The molecule has 5 aromatic rings. The molecule has 0 aliphatic rings. The van der Waals surface area contributed by atoms with Crippen LogP contribution in [0.4, 0.5) is 13.2 Å². The fourth-order valence-corrected chi connectivity index (χ4v) is 4.77. The lowest BCUT2D eigenvalue weighted by molar-refractivity contribution is -0.138. The molecule has 0 atom stereocenters. The Morgan fingerprint density at radius 1 is 1.10 bits per heavy atom. The molecule has 0 aliphatic carbocycles. The Hall–Kier alpha value is -4.38. The first-order valence-corrected chi connectivity index (χ1v) is 12.4. The van der Waals surface area contributed by atoms with Crippen LogP contribution in [0.2, 0.25) is 5.02 Å². The van der Waals surface area contributed by atoms with Gasteiger partial charge in [0.25, 0.3) is 5.56 Å². The number of ether oxygens (including phenoxy) is 2. The second-order valence-electron chi connectivity index (χ2n) is 9.02. The van der Waals surface area contributed by atoms with E-state index in [1.807, 2.05) is 38.2 Å². The third-order valence-corrected chi connectivity index (χ3v) is 6.78. The van der Waals surface area contributed by atoms with Crippen molar-refractivity contribution in [3.63, 3.8) is 0 Å². The van der Waals surface area contributed by atoms with Crippen molar-refractivity contribution in [1.82, 2.24) is 24.3 Å². The fraction of sp³-hybridized carbons (Fsp3) is 0.214. The summed E-state index contributed by atoms with van der Waals surface area (Å²) in [6.07, 6.45) is -0.451. The molecule has 0 fully saturated rings. The van der Waals surface area contributed by atoms with Gasteiger partial charge in [-0.3, -0.25) is 9.48 Å². The molecular formula is C28H23ClF3N5O3. The quantitative estimate of drug-likeness (QED) is 0.246. The van der Waals surface area contributed by atoms with E-state index in [0.717, 1.165) is 39.0 Å². The van der Waals surface area contributed by atoms with Crippen molar-refractivity contribution in [3.05, 3.63) is 98.8 Å². The maximum atomic E-state index is 13.4. The molecule has 0 saturated heterocycles.